The molecule has 0 radical (unpaired) electrons. The summed E-state index contributed by atoms with van der Waals surface area (Å²) in [5.74, 6) is 0.853. The molecule has 1 aromatic heterocycles. The van der Waals surface area contributed by atoms with Crippen molar-refractivity contribution in [2.75, 3.05) is 6.54 Å². The largest absolute Gasteiger partial charge is 0.452 e. The zero-order chi connectivity index (χ0) is 13.1. The zero-order valence-corrected chi connectivity index (χ0v) is 13.6. The first-order valence-electron chi connectivity index (χ1n) is 5.55. The Labute approximate surface area is 128 Å². The molecule has 96 valence electrons. The molecule has 2 aromatic rings. The number of hydrogen-bond donors (Lipinski definition) is 1. The Morgan fingerprint density at radius 1 is 1.28 bits per heavy atom. The molecular weight excluding hydrogens is 381 g/mol. The molecule has 5 heteroatoms. The first-order chi connectivity index (χ1) is 8.61. The highest BCUT2D eigenvalue weighted by Crippen LogP contribution is 2.32. The fourth-order valence-corrected chi connectivity index (χ4v) is 2.76. The summed E-state index contributed by atoms with van der Waals surface area (Å²) < 4.78 is 7.36. The maximum absolute atomic E-state index is 6.07. The number of benzene rings is 1. The molecule has 0 aliphatic rings. The van der Waals surface area contributed by atoms with Crippen LogP contribution in [0.4, 0.5) is 0 Å². The van der Waals surface area contributed by atoms with E-state index < -0.39 is 0 Å². The van der Waals surface area contributed by atoms with E-state index in [1.807, 2.05) is 30.3 Å². The first kappa shape index (κ1) is 14.1. The molecule has 1 aromatic carbocycles. The second-order valence-corrected chi connectivity index (χ2v) is 5.87. The highest BCUT2D eigenvalue weighted by molar-refractivity contribution is 9.10. The maximum Gasteiger partial charge on any atom is 0.169 e. The number of halogens is 3. The predicted molar refractivity (Wildman–Crippen MR) is 81.1 cm³/mol. The van der Waals surface area contributed by atoms with E-state index in [2.05, 4.69) is 44.1 Å². The van der Waals surface area contributed by atoms with Gasteiger partial charge < -0.3 is 9.73 Å². The van der Waals surface area contributed by atoms with E-state index in [1.54, 1.807) is 0 Å². The Kier molecular flexibility index (Phi) is 4.90. The quantitative estimate of drug-likeness (QED) is 0.776. The minimum atomic E-state index is -0.0191. The molecule has 0 aliphatic carbocycles. The van der Waals surface area contributed by atoms with Crippen molar-refractivity contribution in [2.45, 2.75) is 13.0 Å². The molecule has 18 heavy (non-hydrogen) atoms. The summed E-state index contributed by atoms with van der Waals surface area (Å²) >= 11 is 12.9. The summed E-state index contributed by atoms with van der Waals surface area (Å²) in [5.41, 5.74) is 1.06. The van der Waals surface area contributed by atoms with Crippen molar-refractivity contribution < 1.29 is 4.42 Å². The summed E-state index contributed by atoms with van der Waals surface area (Å²) in [6.45, 7) is 2.89. The molecule has 2 nitrogen and oxygen atoms in total. The van der Waals surface area contributed by atoms with Crippen LogP contribution < -0.4 is 5.32 Å². The van der Waals surface area contributed by atoms with Gasteiger partial charge in [-0.05, 0) is 58.4 Å². The van der Waals surface area contributed by atoms with Crippen LogP contribution in [0, 0.1) is 0 Å². The number of rotatable bonds is 4. The lowest BCUT2D eigenvalue weighted by molar-refractivity contribution is 0.437. The van der Waals surface area contributed by atoms with Gasteiger partial charge >= 0.3 is 0 Å². The lowest BCUT2D eigenvalue weighted by atomic mass is 10.0. The maximum atomic E-state index is 6.07. The third-order valence-corrected chi connectivity index (χ3v) is 3.94. The summed E-state index contributed by atoms with van der Waals surface area (Å²) in [5, 5.41) is 4.10. The van der Waals surface area contributed by atoms with Crippen LogP contribution >= 0.6 is 43.5 Å². The van der Waals surface area contributed by atoms with Gasteiger partial charge in [0.1, 0.15) is 5.76 Å². The molecule has 1 N–H and O–H groups in total. The smallest absolute Gasteiger partial charge is 0.169 e. The molecule has 0 spiro atoms. The van der Waals surface area contributed by atoms with Crippen molar-refractivity contribution in [3.05, 3.63) is 55.8 Å². The van der Waals surface area contributed by atoms with E-state index in [9.17, 15) is 0 Å². The summed E-state index contributed by atoms with van der Waals surface area (Å²) in [6, 6.07) is 9.56. The molecule has 0 fully saturated rings. The van der Waals surface area contributed by atoms with Gasteiger partial charge in [0, 0.05) is 9.50 Å². The highest BCUT2D eigenvalue weighted by atomic mass is 79.9. The average molecular weight is 394 g/mol. The van der Waals surface area contributed by atoms with Crippen molar-refractivity contribution in [1.82, 2.24) is 5.32 Å². The van der Waals surface area contributed by atoms with E-state index in [-0.39, 0.29) is 6.04 Å². The highest BCUT2D eigenvalue weighted by Gasteiger charge is 2.19. The Morgan fingerprint density at radius 2 is 2.06 bits per heavy atom. The molecule has 0 amide bonds. The standard InChI is InChI=1S/C13H12Br2ClNO/c1-2-17-13(11-5-6-12(15)18-11)9-7-8(16)3-4-10(9)14/h3-7,13,17H,2H2,1H3. The fourth-order valence-electron chi connectivity index (χ4n) is 1.79. The third kappa shape index (κ3) is 3.18. The lowest BCUT2D eigenvalue weighted by Crippen LogP contribution is -2.21. The van der Waals surface area contributed by atoms with Gasteiger partial charge in [-0.2, -0.15) is 0 Å². The van der Waals surface area contributed by atoms with Crippen LogP contribution in [0.25, 0.3) is 0 Å². The molecule has 2 rings (SSSR count). The van der Waals surface area contributed by atoms with Crippen molar-refractivity contribution in [3.63, 3.8) is 0 Å². The first-order valence-corrected chi connectivity index (χ1v) is 7.51. The monoisotopic (exact) mass is 391 g/mol. The number of nitrogens with one attached hydrogen (secondary N) is 1. The van der Waals surface area contributed by atoms with Gasteiger partial charge in [-0.3, -0.25) is 0 Å². The molecular formula is C13H12Br2ClNO. The van der Waals surface area contributed by atoms with E-state index >= 15 is 0 Å². The van der Waals surface area contributed by atoms with Gasteiger partial charge in [0.05, 0.1) is 6.04 Å². The lowest BCUT2D eigenvalue weighted by Gasteiger charge is -2.17. The van der Waals surface area contributed by atoms with Crippen LogP contribution in [-0.2, 0) is 0 Å². The van der Waals surface area contributed by atoms with E-state index in [0.29, 0.717) is 5.02 Å². The molecule has 1 unspecified atom stereocenters. The van der Waals surface area contributed by atoms with Gasteiger partial charge in [0.2, 0.25) is 0 Å². The minimum Gasteiger partial charge on any atom is -0.452 e. The van der Waals surface area contributed by atoms with Crippen molar-refractivity contribution in [3.8, 4) is 0 Å². The summed E-state index contributed by atoms with van der Waals surface area (Å²) in [7, 11) is 0. The van der Waals surface area contributed by atoms with Crippen LogP contribution in [0.1, 0.15) is 24.3 Å². The topological polar surface area (TPSA) is 25.2 Å². The van der Waals surface area contributed by atoms with Crippen LogP contribution in [0.2, 0.25) is 5.02 Å². The molecule has 0 saturated heterocycles. The van der Waals surface area contributed by atoms with Crippen molar-refractivity contribution in [2.24, 2.45) is 0 Å². The Morgan fingerprint density at radius 3 is 2.67 bits per heavy atom. The minimum absolute atomic E-state index is 0.0191. The molecule has 0 bridgehead atoms. The Hall–Kier alpha value is -0.290. The molecule has 0 aliphatic heterocycles. The van der Waals surface area contributed by atoms with Crippen LogP contribution in [0.15, 0.2) is 43.9 Å². The normalized spacial score (nSPS) is 12.7. The van der Waals surface area contributed by atoms with Gasteiger partial charge in [-0.1, -0.05) is 34.5 Å². The fraction of sp³-hybridized carbons (Fsp3) is 0.231. The molecule has 1 heterocycles. The third-order valence-electron chi connectivity index (χ3n) is 2.56. The summed E-state index contributed by atoms with van der Waals surface area (Å²) in [6.07, 6.45) is 0. The average Bonchev–Trinajstić information content (AvgIpc) is 2.76. The van der Waals surface area contributed by atoms with Gasteiger partial charge in [-0.15, -0.1) is 0 Å². The van der Waals surface area contributed by atoms with Gasteiger partial charge in [0.15, 0.2) is 4.67 Å². The second kappa shape index (κ2) is 6.24. The Bertz CT molecular complexity index is 542. The summed E-state index contributed by atoms with van der Waals surface area (Å²) in [4.78, 5) is 0. The van der Waals surface area contributed by atoms with Gasteiger partial charge in [-0.25, -0.2) is 0 Å². The zero-order valence-electron chi connectivity index (χ0n) is 9.71. The van der Waals surface area contributed by atoms with E-state index in [0.717, 1.165) is 27.0 Å². The van der Waals surface area contributed by atoms with E-state index in [1.165, 1.54) is 0 Å². The van der Waals surface area contributed by atoms with Crippen molar-refractivity contribution in [1.29, 1.82) is 0 Å². The number of furan rings is 1. The van der Waals surface area contributed by atoms with Gasteiger partial charge in [0.25, 0.3) is 0 Å². The van der Waals surface area contributed by atoms with Crippen LogP contribution in [0.5, 0.6) is 0 Å². The SMILES string of the molecule is CCNC(c1ccc(Br)o1)c1cc(Cl)ccc1Br. The Balaban J connectivity index is 2.44. The van der Waals surface area contributed by atoms with Crippen LogP contribution in [-0.4, -0.2) is 6.54 Å². The predicted octanol–water partition coefficient (Wildman–Crippen LogP) is 5.16. The number of hydrogen-bond acceptors (Lipinski definition) is 2. The molecule has 1 atom stereocenters. The second-order valence-electron chi connectivity index (χ2n) is 3.80. The van der Waals surface area contributed by atoms with Crippen molar-refractivity contribution >= 4 is 43.5 Å². The van der Waals surface area contributed by atoms with Crippen LogP contribution in [0.3, 0.4) is 0 Å². The molecule has 0 saturated carbocycles. The van der Waals surface area contributed by atoms with E-state index in [4.69, 9.17) is 16.0 Å².